The molecule has 1 aromatic heterocycles. The highest BCUT2D eigenvalue weighted by Gasteiger charge is 2.30. The lowest BCUT2D eigenvalue weighted by Gasteiger charge is -2.09. The second-order valence-electron chi connectivity index (χ2n) is 4.12. The van der Waals surface area contributed by atoms with Gasteiger partial charge in [0.1, 0.15) is 11.5 Å². The maximum absolute atomic E-state index is 12.0. The van der Waals surface area contributed by atoms with Crippen molar-refractivity contribution < 1.29 is 22.4 Å². The fraction of sp³-hybridized carbons (Fsp3) is 0.308. The third-order valence-electron chi connectivity index (χ3n) is 2.35. The topological polar surface area (TPSA) is 35.3 Å². The molecular weight excluding hydrogens is 291 g/mol. The number of rotatable bonds is 5. The lowest BCUT2D eigenvalue weighted by Crippen LogP contribution is -2.16. The van der Waals surface area contributed by atoms with Crippen LogP contribution >= 0.6 is 11.8 Å². The van der Waals surface area contributed by atoms with Gasteiger partial charge in [-0.1, -0.05) is 17.3 Å². The summed E-state index contributed by atoms with van der Waals surface area (Å²) in [5, 5.41) is 3.78. The number of nitrogens with zero attached hydrogens (tertiary/aromatic N) is 1. The molecular formula is C13H12F3NO2S. The Labute approximate surface area is 118 Å². The molecule has 0 N–H and O–H groups in total. The van der Waals surface area contributed by atoms with Gasteiger partial charge in [-0.2, -0.15) is 0 Å². The monoisotopic (exact) mass is 303 g/mol. The molecule has 20 heavy (non-hydrogen) atoms. The van der Waals surface area contributed by atoms with E-state index in [1.807, 2.05) is 13.0 Å². The molecule has 1 heterocycles. The van der Waals surface area contributed by atoms with Crippen molar-refractivity contribution in [3.63, 3.8) is 0 Å². The van der Waals surface area contributed by atoms with Crippen molar-refractivity contribution in [1.82, 2.24) is 5.16 Å². The summed E-state index contributed by atoms with van der Waals surface area (Å²) in [7, 11) is 0. The van der Waals surface area contributed by atoms with Crippen molar-refractivity contribution in [1.29, 1.82) is 0 Å². The largest absolute Gasteiger partial charge is 0.573 e. The van der Waals surface area contributed by atoms with Crippen LogP contribution in [0.1, 0.15) is 17.0 Å². The fourth-order valence-corrected chi connectivity index (χ4v) is 2.41. The number of alkyl halides is 3. The van der Waals surface area contributed by atoms with Crippen LogP contribution in [0.25, 0.3) is 0 Å². The van der Waals surface area contributed by atoms with Crippen LogP contribution in [0.3, 0.4) is 0 Å². The SMILES string of the molecule is Cc1cc(CSCc2ccc(OC(F)(F)F)cc2)on1. The van der Waals surface area contributed by atoms with Gasteiger partial charge in [0, 0.05) is 11.8 Å². The van der Waals surface area contributed by atoms with Gasteiger partial charge < -0.3 is 9.26 Å². The molecule has 3 nitrogen and oxygen atoms in total. The molecule has 0 saturated heterocycles. The maximum atomic E-state index is 12.0. The standard InChI is InChI=1S/C13H12F3NO2S/c1-9-6-12(19-17-9)8-20-7-10-2-4-11(5-3-10)18-13(14,15)16/h2-6H,7-8H2,1H3. The Morgan fingerprint density at radius 1 is 1.20 bits per heavy atom. The van der Waals surface area contributed by atoms with Gasteiger partial charge in [0.05, 0.1) is 11.4 Å². The average Bonchev–Trinajstić information content (AvgIpc) is 2.75. The number of hydrogen-bond donors (Lipinski definition) is 0. The average molecular weight is 303 g/mol. The Kier molecular flexibility index (Phi) is 4.59. The quantitative estimate of drug-likeness (QED) is 0.824. The minimum Gasteiger partial charge on any atom is -0.406 e. The van der Waals surface area contributed by atoms with Gasteiger partial charge in [0.2, 0.25) is 0 Å². The molecule has 0 fully saturated rings. The predicted molar refractivity (Wildman–Crippen MR) is 69.4 cm³/mol. The fourth-order valence-electron chi connectivity index (χ4n) is 1.54. The van der Waals surface area contributed by atoms with Gasteiger partial charge in [0.15, 0.2) is 0 Å². The van der Waals surface area contributed by atoms with Crippen molar-refractivity contribution in [2.45, 2.75) is 24.8 Å². The van der Waals surface area contributed by atoms with Gasteiger partial charge in [-0.15, -0.1) is 24.9 Å². The minimum absolute atomic E-state index is 0.211. The van der Waals surface area contributed by atoms with E-state index < -0.39 is 6.36 Å². The van der Waals surface area contributed by atoms with Gasteiger partial charge in [-0.3, -0.25) is 0 Å². The van der Waals surface area contributed by atoms with Crippen molar-refractivity contribution in [2.24, 2.45) is 0 Å². The summed E-state index contributed by atoms with van der Waals surface area (Å²) in [4.78, 5) is 0. The number of aryl methyl sites for hydroxylation is 1. The van der Waals surface area contributed by atoms with E-state index >= 15 is 0 Å². The molecule has 108 valence electrons. The van der Waals surface area contributed by atoms with Crippen LogP contribution in [0.4, 0.5) is 13.2 Å². The smallest absolute Gasteiger partial charge is 0.406 e. The predicted octanol–water partition coefficient (Wildman–Crippen LogP) is 4.32. The molecule has 1 aromatic carbocycles. The number of thioether (sulfide) groups is 1. The van der Waals surface area contributed by atoms with Crippen LogP contribution in [0, 0.1) is 6.92 Å². The first-order valence-electron chi connectivity index (χ1n) is 5.77. The molecule has 0 aliphatic rings. The highest BCUT2D eigenvalue weighted by atomic mass is 32.2. The number of hydrogen-bond acceptors (Lipinski definition) is 4. The summed E-state index contributed by atoms with van der Waals surface area (Å²) in [5.41, 5.74) is 1.75. The third-order valence-corrected chi connectivity index (χ3v) is 3.37. The highest BCUT2D eigenvalue weighted by molar-refractivity contribution is 7.97. The number of ether oxygens (including phenoxy) is 1. The molecule has 7 heteroatoms. The van der Waals surface area contributed by atoms with E-state index in [1.54, 1.807) is 23.9 Å². The summed E-state index contributed by atoms with van der Waals surface area (Å²) in [6, 6.07) is 7.69. The summed E-state index contributed by atoms with van der Waals surface area (Å²) in [6.45, 7) is 1.84. The third kappa shape index (κ3) is 4.80. The van der Waals surface area contributed by atoms with Crippen LogP contribution in [-0.4, -0.2) is 11.5 Å². The van der Waals surface area contributed by atoms with Crippen molar-refractivity contribution >= 4 is 11.8 Å². The molecule has 0 bridgehead atoms. The van der Waals surface area contributed by atoms with Gasteiger partial charge in [0.25, 0.3) is 0 Å². The molecule has 0 amide bonds. The van der Waals surface area contributed by atoms with E-state index in [1.165, 1.54) is 12.1 Å². The molecule has 0 unspecified atom stereocenters. The molecule has 0 saturated carbocycles. The minimum atomic E-state index is -4.65. The molecule has 2 rings (SSSR count). The summed E-state index contributed by atoms with van der Waals surface area (Å²) in [5.74, 6) is 1.91. The molecule has 2 aromatic rings. The summed E-state index contributed by atoms with van der Waals surface area (Å²) < 4.78 is 44.8. The molecule has 0 aliphatic carbocycles. The first-order valence-corrected chi connectivity index (χ1v) is 6.92. The van der Waals surface area contributed by atoms with E-state index in [-0.39, 0.29) is 5.75 Å². The Morgan fingerprint density at radius 3 is 2.45 bits per heavy atom. The second kappa shape index (κ2) is 6.21. The van der Waals surface area contributed by atoms with E-state index in [0.717, 1.165) is 17.0 Å². The van der Waals surface area contributed by atoms with Crippen molar-refractivity contribution in [3.8, 4) is 5.75 Å². The lowest BCUT2D eigenvalue weighted by molar-refractivity contribution is -0.274. The van der Waals surface area contributed by atoms with Crippen LogP contribution in [-0.2, 0) is 11.5 Å². The summed E-state index contributed by atoms with van der Waals surface area (Å²) >= 11 is 1.59. The number of aromatic nitrogens is 1. The molecule has 0 atom stereocenters. The van der Waals surface area contributed by atoms with Gasteiger partial charge in [-0.25, -0.2) is 0 Å². The Morgan fingerprint density at radius 2 is 1.90 bits per heavy atom. The zero-order valence-corrected chi connectivity index (χ0v) is 11.4. The van der Waals surface area contributed by atoms with E-state index in [4.69, 9.17) is 4.52 Å². The second-order valence-corrected chi connectivity index (χ2v) is 5.10. The Balaban J connectivity index is 1.82. The van der Waals surface area contributed by atoms with Gasteiger partial charge >= 0.3 is 6.36 Å². The van der Waals surface area contributed by atoms with Gasteiger partial charge in [-0.05, 0) is 24.6 Å². The molecule has 0 aliphatic heterocycles. The van der Waals surface area contributed by atoms with Crippen LogP contribution in [0.15, 0.2) is 34.9 Å². The van der Waals surface area contributed by atoms with E-state index in [0.29, 0.717) is 11.5 Å². The van der Waals surface area contributed by atoms with Crippen molar-refractivity contribution in [2.75, 3.05) is 0 Å². The first kappa shape index (κ1) is 14.8. The maximum Gasteiger partial charge on any atom is 0.573 e. The molecule has 0 radical (unpaired) electrons. The molecule has 0 spiro atoms. The highest BCUT2D eigenvalue weighted by Crippen LogP contribution is 2.24. The van der Waals surface area contributed by atoms with Crippen LogP contribution < -0.4 is 4.74 Å². The van der Waals surface area contributed by atoms with Crippen LogP contribution in [0.2, 0.25) is 0 Å². The summed E-state index contributed by atoms with van der Waals surface area (Å²) in [6.07, 6.45) is -4.65. The zero-order chi connectivity index (χ0) is 14.6. The normalized spacial score (nSPS) is 11.6. The number of benzene rings is 1. The van der Waals surface area contributed by atoms with E-state index in [9.17, 15) is 13.2 Å². The van der Waals surface area contributed by atoms with E-state index in [2.05, 4.69) is 9.89 Å². The van der Waals surface area contributed by atoms with Crippen LogP contribution in [0.5, 0.6) is 5.75 Å². The zero-order valence-electron chi connectivity index (χ0n) is 10.6. The first-order chi connectivity index (χ1) is 9.42. The Bertz CT molecular complexity index is 551. The number of halogens is 3. The lowest BCUT2D eigenvalue weighted by atomic mass is 10.2. The Hall–Kier alpha value is -1.63. The van der Waals surface area contributed by atoms with Crippen molar-refractivity contribution in [3.05, 3.63) is 47.3 Å².